The molecule has 0 nitrogen and oxygen atoms in total. The van der Waals surface area contributed by atoms with Crippen LogP contribution in [0.3, 0.4) is 0 Å². The van der Waals surface area contributed by atoms with Crippen LogP contribution in [-0.4, -0.2) is 24.7 Å². The van der Waals surface area contributed by atoms with Crippen molar-refractivity contribution in [1.29, 1.82) is 0 Å². The maximum Gasteiger partial charge on any atom is 0.134 e. The summed E-state index contributed by atoms with van der Waals surface area (Å²) in [5, 5.41) is 0. The highest BCUT2D eigenvalue weighted by atomic mass is 19.2. The normalized spacial score (nSPS) is 52.3. The summed E-state index contributed by atoms with van der Waals surface area (Å²) >= 11 is 0. The molecule has 7 atom stereocenters. The zero-order valence-electron chi connectivity index (χ0n) is 14.1. The fourth-order valence-electron chi connectivity index (χ4n) is 5.45. The Morgan fingerprint density at radius 1 is 0.565 bits per heavy atom. The molecule has 7 unspecified atom stereocenters. The summed E-state index contributed by atoms with van der Waals surface area (Å²) in [6.07, 6.45) is 1.63. The van der Waals surface area contributed by atoms with Crippen LogP contribution < -0.4 is 0 Å². The molecule has 134 valence electrons. The van der Waals surface area contributed by atoms with Crippen molar-refractivity contribution >= 4 is 0 Å². The quantitative estimate of drug-likeness (QED) is 0.544. The van der Waals surface area contributed by atoms with Crippen LogP contribution in [-0.2, 0) is 0 Å². The van der Waals surface area contributed by atoms with Crippen LogP contribution in [0.25, 0.3) is 0 Å². The van der Waals surface area contributed by atoms with Gasteiger partial charge < -0.3 is 0 Å². The highest BCUT2D eigenvalue weighted by molar-refractivity contribution is 4.93. The minimum Gasteiger partial charge on any atom is -0.244 e. The average Bonchev–Trinajstić information content (AvgIpc) is 2.56. The van der Waals surface area contributed by atoms with Crippen LogP contribution in [0, 0.1) is 29.6 Å². The van der Waals surface area contributed by atoms with E-state index in [-0.39, 0.29) is 29.6 Å². The van der Waals surface area contributed by atoms with Gasteiger partial charge in [-0.25, -0.2) is 17.6 Å². The van der Waals surface area contributed by atoms with E-state index >= 15 is 0 Å². The van der Waals surface area contributed by atoms with Crippen LogP contribution >= 0.6 is 0 Å². The van der Waals surface area contributed by atoms with Crippen molar-refractivity contribution < 1.29 is 17.6 Å². The van der Waals surface area contributed by atoms with Gasteiger partial charge in [-0.2, -0.15) is 0 Å². The third kappa shape index (κ3) is 3.56. The second kappa shape index (κ2) is 7.31. The van der Waals surface area contributed by atoms with Crippen molar-refractivity contribution in [3.63, 3.8) is 0 Å². The van der Waals surface area contributed by atoms with E-state index in [1.54, 1.807) is 6.92 Å². The Labute approximate surface area is 137 Å². The lowest BCUT2D eigenvalue weighted by Gasteiger charge is -2.43. The van der Waals surface area contributed by atoms with Gasteiger partial charge >= 0.3 is 0 Å². The van der Waals surface area contributed by atoms with E-state index in [0.29, 0.717) is 6.42 Å². The lowest BCUT2D eigenvalue weighted by molar-refractivity contribution is -0.0196. The summed E-state index contributed by atoms with van der Waals surface area (Å²) in [5.74, 6) is -0.0187. The summed E-state index contributed by atoms with van der Waals surface area (Å²) in [6.45, 7) is 1.79. The number of hydrogen-bond donors (Lipinski definition) is 0. The first-order chi connectivity index (χ1) is 11.0. The van der Waals surface area contributed by atoms with Crippen LogP contribution in [0.1, 0.15) is 64.7 Å². The van der Waals surface area contributed by atoms with E-state index in [0.717, 1.165) is 51.4 Å². The largest absolute Gasteiger partial charge is 0.244 e. The molecule has 0 radical (unpaired) electrons. The molecule has 23 heavy (non-hydrogen) atoms. The summed E-state index contributed by atoms with van der Waals surface area (Å²) in [4.78, 5) is 0. The Bertz CT molecular complexity index is 380. The van der Waals surface area contributed by atoms with E-state index in [9.17, 15) is 17.6 Å². The Morgan fingerprint density at radius 2 is 1.13 bits per heavy atom. The summed E-state index contributed by atoms with van der Waals surface area (Å²) in [6, 6.07) is 0. The zero-order chi connectivity index (χ0) is 16.6. The Hall–Kier alpha value is -0.280. The topological polar surface area (TPSA) is 0 Å². The Balaban J connectivity index is 1.54. The molecule has 0 aromatic heterocycles. The molecule has 0 aromatic rings. The molecule has 0 amide bonds. The Kier molecular flexibility index (Phi) is 5.57. The third-order valence-electron chi connectivity index (χ3n) is 7.01. The minimum atomic E-state index is -1.33. The molecule has 0 spiro atoms. The predicted molar refractivity (Wildman–Crippen MR) is 84.3 cm³/mol. The minimum absolute atomic E-state index is 0.152. The van der Waals surface area contributed by atoms with Crippen molar-refractivity contribution in [3.05, 3.63) is 0 Å². The second-order valence-corrected chi connectivity index (χ2v) is 8.34. The van der Waals surface area contributed by atoms with Crippen LogP contribution in [0.5, 0.6) is 0 Å². The molecule has 3 rings (SSSR count). The molecule has 4 heteroatoms. The molecule has 3 saturated carbocycles. The smallest absolute Gasteiger partial charge is 0.134 e. The van der Waals surface area contributed by atoms with E-state index < -0.39 is 24.7 Å². The van der Waals surface area contributed by atoms with Crippen LogP contribution in [0.15, 0.2) is 0 Å². The number of alkyl halides is 4. The molecule has 3 aliphatic rings. The molecule has 0 N–H and O–H groups in total. The lowest BCUT2D eigenvalue weighted by atomic mass is 9.64. The standard InChI is InChI=1S/C19H30F4/c1-11-5-10-15(19(23)17(11)21)13-8-6-12(7-9-13)14-3-2-4-16(20)18(14)22/h11-19H,2-10H2,1H3. The fourth-order valence-corrected chi connectivity index (χ4v) is 5.45. The van der Waals surface area contributed by atoms with Crippen LogP contribution in [0.2, 0.25) is 0 Å². The van der Waals surface area contributed by atoms with Gasteiger partial charge in [-0.3, -0.25) is 0 Å². The fraction of sp³-hybridized carbons (Fsp3) is 1.00. The first kappa shape index (κ1) is 17.5. The second-order valence-electron chi connectivity index (χ2n) is 8.34. The molecule has 0 aromatic carbocycles. The maximum absolute atomic E-state index is 14.4. The van der Waals surface area contributed by atoms with Crippen molar-refractivity contribution in [1.82, 2.24) is 0 Å². The van der Waals surface area contributed by atoms with Gasteiger partial charge in [-0.1, -0.05) is 13.3 Å². The third-order valence-corrected chi connectivity index (χ3v) is 7.01. The van der Waals surface area contributed by atoms with Crippen LogP contribution in [0.4, 0.5) is 17.6 Å². The molecule has 3 aliphatic carbocycles. The predicted octanol–water partition coefficient (Wildman–Crippen LogP) is 5.99. The first-order valence-corrected chi connectivity index (χ1v) is 9.55. The van der Waals surface area contributed by atoms with Gasteiger partial charge in [-0.15, -0.1) is 0 Å². The van der Waals surface area contributed by atoms with Gasteiger partial charge in [0.25, 0.3) is 0 Å². The molecule has 0 heterocycles. The van der Waals surface area contributed by atoms with Gasteiger partial charge in [0.05, 0.1) is 0 Å². The molecule has 0 bridgehead atoms. The number of halogens is 4. The summed E-state index contributed by atoms with van der Waals surface area (Å²) in [7, 11) is 0. The lowest BCUT2D eigenvalue weighted by Crippen LogP contribution is -2.42. The molecular weight excluding hydrogens is 304 g/mol. The van der Waals surface area contributed by atoms with E-state index in [4.69, 9.17) is 0 Å². The van der Waals surface area contributed by atoms with Gasteiger partial charge in [0, 0.05) is 0 Å². The SMILES string of the molecule is CC1CCC(C2CCC(C3CCCC(F)C3F)CC2)C(F)C1F. The first-order valence-electron chi connectivity index (χ1n) is 9.55. The molecule has 3 fully saturated rings. The van der Waals surface area contributed by atoms with Gasteiger partial charge in [0.15, 0.2) is 0 Å². The van der Waals surface area contributed by atoms with Gasteiger partial charge in [0.1, 0.15) is 24.7 Å². The van der Waals surface area contributed by atoms with Gasteiger partial charge in [-0.05, 0) is 81.0 Å². The van der Waals surface area contributed by atoms with Crippen molar-refractivity contribution in [2.45, 2.75) is 89.4 Å². The van der Waals surface area contributed by atoms with Crippen molar-refractivity contribution in [3.8, 4) is 0 Å². The van der Waals surface area contributed by atoms with Crippen molar-refractivity contribution in [2.24, 2.45) is 29.6 Å². The monoisotopic (exact) mass is 334 g/mol. The Morgan fingerprint density at radius 3 is 1.74 bits per heavy atom. The van der Waals surface area contributed by atoms with E-state index in [1.807, 2.05) is 0 Å². The number of rotatable bonds is 2. The van der Waals surface area contributed by atoms with E-state index in [2.05, 4.69) is 0 Å². The summed E-state index contributed by atoms with van der Waals surface area (Å²) in [5.41, 5.74) is 0. The average molecular weight is 334 g/mol. The molecular formula is C19H30F4. The molecule has 0 aliphatic heterocycles. The number of hydrogen-bond acceptors (Lipinski definition) is 0. The highest BCUT2D eigenvalue weighted by Crippen LogP contribution is 2.47. The van der Waals surface area contributed by atoms with E-state index in [1.165, 1.54) is 0 Å². The van der Waals surface area contributed by atoms with Crippen molar-refractivity contribution in [2.75, 3.05) is 0 Å². The zero-order valence-corrected chi connectivity index (χ0v) is 14.1. The maximum atomic E-state index is 14.4. The summed E-state index contributed by atoms with van der Waals surface area (Å²) < 4.78 is 56.1. The van der Waals surface area contributed by atoms with Gasteiger partial charge in [0.2, 0.25) is 0 Å². The highest BCUT2D eigenvalue weighted by Gasteiger charge is 2.44. The molecule has 0 saturated heterocycles.